The fourth-order valence-electron chi connectivity index (χ4n) is 2.15. The molecule has 2 rings (SSSR count). The van der Waals surface area contributed by atoms with Crippen molar-refractivity contribution in [3.63, 3.8) is 0 Å². The number of hydrogen-bond acceptors (Lipinski definition) is 2. The van der Waals surface area contributed by atoms with E-state index in [4.69, 9.17) is 11.6 Å². The van der Waals surface area contributed by atoms with Gasteiger partial charge in [-0.2, -0.15) is 0 Å². The molecule has 0 spiro atoms. The number of amides is 1. The fourth-order valence-corrected chi connectivity index (χ4v) is 2.23. The first-order valence-electron chi connectivity index (χ1n) is 5.29. The smallest absolute Gasteiger partial charge is 0.299 e. The van der Waals surface area contributed by atoms with E-state index < -0.39 is 11.7 Å². The first-order chi connectivity index (χ1) is 8.06. The maximum absolute atomic E-state index is 11.8. The Morgan fingerprint density at radius 1 is 1.29 bits per heavy atom. The number of carbonyl (C=O) groups excluding carboxylic acids is 2. The van der Waals surface area contributed by atoms with Crippen LogP contribution in [0, 0.1) is 13.8 Å². The second-order valence-corrected chi connectivity index (χ2v) is 4.34. The number of fused-ring (bicyclic) bond motifs is 1. The molecule has 0 fully saturated rings. The average Bonchev–Trinajstić information content (AvgIpc) is 2.51. The molecule has 17 heavy (non-hydrogen) atoms. The van der Waals surface area contributed by atoms with E-state index >= 15 is 0 Å². The summed E-state index contributed by atoms with van der Waals surface area (Å²) in [5.74, 6) is -0.918. The van der Waals surface area contributed by atoms with Crippen molar-refractivity contribution in [3.05, 3.63) is 40.4 Å². The number of rotatable bonds is 2. The summed E-state index contributed by atoms with van der Waals surface area (Å²) in [6.45, 7) is 4.13. The van der Waals surface area contributed by atoms with Gasteiger partial charge >= 0.3 is 0 Å². The number of carbonyl (C=O) groups is 2. The van der Waals surface area contributed by atoms with Crippen molar-refractivity contribution in [1.29, 1.82) is 0 Å². The van der Waals surface area contributed by atoms with E-state index in [1.165, 1.54) is 10.4 Å². The fraction of sp³-hybridized carbons (Fsp3) is 0.231. The van der Waals surface area contributed by atoms with Crippen LogP contribution in [0.2, 0.25) is 0 Å². The highest BCUT2D eigenvalue weighted by Gasteiger charge is 2.36. The molecule has 1 aromatic rings. The van der Waals surface area contributed by atoms with Gasteiger partial charge in [-0.1, -0.05) is 23.7 Å². The molecule has 3 nitrogen and oxygen atoms in total. The van der Waals surface area contributed by atoms with Crippen LogP contribution in [0.4, 0.5) is 5.69 Å². The number of anilines is 1. The lowest BCUT2D eigenvalue weighted by molar-refractivity contribution is -0.114. The lowest BCUT2D eigenvalue weighted by Gasteiger charge is -2.16. The van der Waals surface area contributed by atoms with Crippen LogP contribution in [-0.4, -0.2) is 18.2 Å². The predicted octanol–water partition coefficient (Wildman–Crippen LogP) is 2.59. The van der Waals surface area contributed by atoms with E-state index in [0.717, 1.165) is 11.1 Å². The summed E-state index contributed by atoms with van der Waals surface area (Å²) in [6.07, 6.45) is 1.64. The highest BCUT2D eigenvalue weighted by molar-refractivity contribution is 6.52. The van der Waals surface area contributed by atoms with Crippen LogP contribution in [0.15, 0.2) is 23.7 Å². The van der Waals surface area contributed by atoms with E-state index in [1.807, 2.05) is 19.9 Å². The van der Waals surface area contributed by atoms with Crippen LogP contribution in [0.3, 0.4) is 0 Å². The van der Waals surface area contributed by atoms with Crippen LogP contribution in [0.25, 0.3) is 0 Å². The Hall–Kier alpha value is -1.61. The third-order valence-corrected chi connectivity index (χ3v) is 2.95. The van der Waals surface area contributed by atoms with Gasteiger partial charge < -0.3 is 4.90 Å². The van der Waals surface area contributed by atoms with Gasteiger partial charge in [-0.25, -0.2) is 0 Å². The maximum atomic E-state index is 11.8. The van der Waals surface area contributed by atoms with Gasteiger partial charge in [0.1, 0.15) is 0 Å². The lowest BCUT2D eigenvalue weighted by atomic mass is 10.0. The largest absolute Gasteiger partial charge is 0.301 e. The lowest BCUT2D eigenvalue weighted by Crippen LogP contribution is -2.30. The molecule has 0 N–H and O–H groups in total. The van der Waals surface area contributed by atoms with E-state index in [-0.39, 0.29) is 0 Å². The van der Waals surface area contributed by atoms with Crippen molar-refractivity contribution in [3.8, 4) is 0 Å². The monoisotopic (exact) mass is 249 g/mol. The molecule has 0 atom stereocenters. The Morgan fingerprint density at radius 2 is 2.00 bits per heavy atom. The minimum Gasteiger partial charge on any atom is -0.301 e. The number of aryl methyl sites for hydroxylation is 2. The first kappa shape index (κ1) is 11.9. The summed E-state index contributed by atoms with van der Waals surface area (Å²) in [4.78, 5) is 25.1. The molecule has 4 heteroatoms. The summed E-state index contributed by atoms with van der Waals surface area (Å²) < 4.78 is 0. The molecule has 0 saturated carbocycles. The molecule has 1 aromatic carbocycles. The second kappa shape index (κ2) is 4.34. The van der Waals surface area contributed by atoms with Gasteiger partial charge in [0.2, 0.25) is 0 Å². The zero-order valence-electron chi connectivity index (χ0n) is 9.66. The van der Waals surface area contributed by atoms with Crippen molar-refractivity contribution >= 4 is 29.0 Å². The average molecular weight is 250 g/mol. The highest BCUT2D eigenvalue weighted by atomic mass is 35.5. The molecular weight excluding hydrogens is 238 g/mol. The number of benzene rings is 1. The van der Waals surface area contributed by atoms with Crippen molar-refractivity contribution in [2.45, 2.75) is 13.8 Å². The Morgan fingerprint density at radius 3 is 2.65 bits per heavy atom. The standard InChI is InChI=1S/C13H12ClNO2/c1-8-6-9(2)11-10(7-8)12(16)13(17)15(11)5-3-4-14/h3-4,6-7H,5H2,1-2H3/b4-3+. The molecule has 1 amide bonds. The van der Waals surface area contributed by atoms with Gasteiger partial charge in [0.15, 0.2) is 0 Å². The van der Waals surface area contributed by atoms with Gasteiger partial charge in [-0.15, -0.1) is 0 Å². The molecule has 88 valence electrons. The molecular formula is C13H12ClNO2. The van der Waals surface area contributed by atoms with E-state index in [9.17, 15) is 9.59 Å². The topological polar surface area (TPSA) is 37.4 Å². The SMILES string of the molecule is Cc1cc(C)c2c(c1)C(=O)C(=O)N2C/C=C/Cl. The van der Waals surface area contributed by atoms with Gasteiger partial charge in [-0.3, -0.25) is 9.59 Å². The molecule has 0 saturated heterocycles. The molecule has 0 aromatic heterocycles. The minimum atomic E-state index is -0.483. The molecule has 0 bridgehead atoms. The van der Waals surface area contributed by atoms with Crippen LogP contribution < -0.4 is 4.90 Å². The summed E-state index contributed by atoms with van der Waals surface area (Å²) >= 11 is 5.45. The third kappa shape index (κ3) is 1.87. The molecule has 0 radical (unpaired) electrons. The first-order valence-corrected chi connectivity index (χ1v) is 5.72. The Kier molecular flexibility index (Phi) is 3.03. The van der Waals surface area contributed by atoms with Gasteiger partial charge in [0, 0.05) is 12.1 Å². The number of hydrogen-bond donors (Lipinski definition) is 0. The molecule has 1 heterocycles. The van der Waals surface area contributed by atoms with Gasteiger partial charge in [-0.05, 0) is 31.0 Å². The molecule has 1 aliphatic rings. The van der Waals surface area contributed by atoms with Crippen molar-refractivity contribution in [2.24, 2.45) is 0 Å². The van der Waals surface area contributed by atoms with Crippen molar-refractivity contribution in [1.82, 2.24) is 0 Å². The maximum Gasteiger partial charge on any atom is 0.299 e. The Balaban J connectivity index is 2.56. The van der Waals surface area contributed by atoms with Crippen LogP contribution in [0.1, 0.15) is 21.5 Å². The van der Waals surface area contributed by atoms with Gasteiger partial charge in [0.05, 0.1) is 11.3 Å². The van der Waals surface area contributed by atoms with E-state index in [0.29, 0.717) is 17.8 Å². The van der Waals surface area contributed by atoms with Crippen LogP contribution in [-0.2, 0) is 4.79 Å². The molecule has 1 aliphatic heterocycles. The third-order valence-electron chi connectivity index (χ3n) is 2.78. The van der Waals surface area contributed by atoms with Crippen molar-refractivity contribution in [2.75, 3.05) is 11.4 Å². The minimum absolute atomic E-state index is 0.324. The predicted molar refractivity (Wildman–Crippen MR) is 67.6 cm³/mol. The summed E-state index contributed by atoms with van der Waals surface area (Å²) in [5.41, 5.74) is 4.47. The summed E-state index contributed by atoms with van der Waals surface area (Å²) in [7, 11) is 0. The van der Waals surface area contributed by atoms with E-state index in [2.05, 4.69) is 0 Å². The number of ketones is 1. The Bertz CT molecular complexity index is 534. The van der Waals surface area contributed by atoms with Crippen LogP contribution in [0.5, 0.6) is 0 Å². The van der Waals surface area contributed by atoms with E-state index in [1.54, 1.807) is 12.1 Å². The van der Waals surface area contributed by atoms with Gasteiger partial charge in [0.25, 0.3) is 11.7 Å². The zero-order chi connectivity index (χ0) is 12.6. The highest BCUT2D eigenvalue weighted by Crippen LogP contribution is 2.33. The number of Topliss-reactive ketones (excluding diaryl/α,β-unsaturated/α-hetero) is 1. The molecule has 0 aliphatic carbocycles. The number of nitrogens with zero attached hydrogens (tertiary/aromatic N) is 1. The molecule has 0 unspecified atom stereocenters. The van der Waals surface area contributed by atoms with Crippen molar-refractivity contribution < 1.29 is 9.59 Å². The Labute approximate surface area is 105 Å². The summed E-state index contributed by atoms with van der Waals surface area (Å²) in [6, 6.07) is 3.72. The second-order valence-electron chi connectivity index (χ2n) is 4.08. The quantitative estimate of drug-likeness (QED) is 0.756. The van der Waals surface area contributed by atoms with Crippen LogP contribution >= 0.6 is 11.6 Å². The normalized spacial score (nSPS) is 14.9. The zero-order valence-corrected chi connectivity index (χ0v) is 10.4. The number of halogens is 1. The summed E-state index contributed by atoms with van der Waals surface area (Å²) in [5, 5.41) is 0.